The monoisotopic (exact) mass is 398 g/mol. The summed E-state index contributed by atoms with van der Waals surface area (Å²) in [6.07, 6.45) is 0. The summed E-state index contributed by atoms with van der Waals surface area (Å²) in [5.41, 5.74) is 1.88. The van der Waals surface area contributed by atoms with E-state index >= 15 is 0 Å². The van der Waals surface area contributed by atoms with Crippen LogP contribution in [0.4, 0.5) is 11.4 Å². The maximum absolute atomic E-state index is 12.0. The molecule has 0 unspecified atom stereocenters. The van der Waals surface area contributed by atoms with Crippen LogP contribution < -0.4 is 15.4 Å². The second kappa shape index (κ2) is 9.73. The predicted molar refractivity (Wildman–Crippen MR) is 111 cm³/mol. The largest absolute Gasteiger partial charge is 0.482 e. The number of benzene rings is 2. The van der Waals surface area contributed by atoms with E-state index in [2.05, 4.69) is 31.4 Å². The molecule has 0 aliphatic carbocycles. The van der Waals surface area contributed by atoms with Gasteiger partial charge >= 0.3 is 5.97 Å². The van der Waals surface area contributed by atoms with Gasteiger partial charge in [-0.3, -0.25) is 9.59 Å². The van der Waals surface area contributed by atoms with Crippen molar-refractivity contribution in [2.24, 2.45) is 0 Å². The molecule has 0 spiro atoms. The van der Waals surface area contributed by atoms with Gasteiger partial charge in [-0.2, -0.15) is 0 Å². The van der Waals surface area contributed by atoms with Gasteiger partial charge in [0.05, 0.1) is 0 Å². The molecule has 0 aromatic heterocycles. The number of rotatable bonds is 7. The van der Waals surface area contributed by atoms with Gasteiger partial charge in [0.25, 0.3) is 5.91 Å². The van der Waals surface area contributed by atoms with Crippen LogP contribution in [0, 0.1) is 0 Å². The van der Waals surface area contributed by atoms with Crippen LogP contribution >= 0.6 is 0 Å². The maximum atomic E-state index is 12.0. The summed E-state index contributed by atoms with van der Waals surface area (Å²) in [6, 6.07) is 14.1. The average Bonchev–Trinajstić information content (AvgIpc) is 2.64. The van der Waals surface area contributed by atoms with Crippen molar-refractivity contribution in [3.8, 4) is 5.75 Å². The molecule has 0 fully saturated rings. The van der Waals surface area contributed by atoms with Crippen molar-refractivity contribution < 1.29 is 23.9 Å². The van der Waals surface area contributed by atoms with Crippen LogP contribution in [0.5, 0.6) is 5.75 Å². The van der Waals surface area contributed by atoms with Crippen molar-refractivity contribution in [3.63, 3.8) is 0 Å². The van der Waals surface area contributed by atoms with E-state index in [1.165, 1.54) is 6.92 Å². The second-order valence-electron chi connectivity index (χ2n) is 7.51. The first kappa shape index (κ1) is 21.9. The molecule has 2 aromatic carbocycles. The van der Waals surface area contributed by atoms with Gasteiger partial charge in [0.1, 0.15) is 5.75 Å². The van der Waals surface area contributed by atoms with Crippen LogP contribution in [0.15, 0.2) is 48.5 Å². The Morgan fingerprint density at radius 1 is 0.897 bits per heavy atom. The number of esters is 1. The summed E-state index contributed by atoms with van der Waals surface area (Å²) in [5.74, 6) is -0.740. The van der Waals surface area contributed by atoms with Crippen molar-refractivity contribution in [1.82, 2.24) is 0 Å². The average molecular weight is 398 g/mol. The van der Waals surface area contributed by atoms with Gasteiger partial charge in [0, 0.05) is 18.3 Å². The van der Waals surface area contributed by atoms with Crippen LogP contribution in [0.3, 0.4) is 0 Å². The Labute approximate surface area is 170 Å². The molecule has 0 bridgehead atoms. The number of para-hydroxylation sites is 1. The normalized spacial score (nSPS) is 10.8. The first-order chi connectivity index (χ1) is 13.6. The Morgan fingerprint density at radius 2 is 1.55 bits per heavy atom. The molecule has 7 nitrogen and oxygen atoms in total. The molecule has 0 aliphatic rings. The lowest BCUT2D eigenvalue weighted by Crippen LogP contribution is -2.24. The molecule has 2 N–H and O–H groups in total. The first-order valence-electron chi connectivity index (χ1n) is 9.20. The molecular formula is C22H26N2O5. The number of amides is 2. The number of hydrogen-bond donors (Lipinski definition) is 2. The molecule has 2 rings (SSSR count). The smallest absolute Gasteiger partial charge is 0.344 e. The zero-order chi connectivity index (χ0) is 21.4. The minimum absolute atomic E-state index is 0.133. The van der Waals surface area contributed by atoms with E-state index < -0.39 is 18.5 Å². The fourth-order valence-electron chi connectivity index (χ4n) is 2.61. The summed E-state index contributed by atoms with van der Waals surface area (Å²) in [7, 11) is 0. The van der Waals surface area contributed by atoms with E-state index in [0.29, 0.717) is 17.1 Å². The van der Waals surface area contributed by atoms with Gasteiger partial charge in [-0.25, -0.2) is 4.79 Å². The van der Waals surface area contributed by atoms with Gasteiger partial charge in [0.2, 0.25) is 5.91 Å². The van der Waals surface area contributed by atoms with Gasteiger partial charge in [-0.1, -0.05) is 45.0 Å². The molecule has 0 saturated heterocycles. The lowest BCUT2D eigenvalue weighted by Gasteiger charge is -2.22. The Balaban J connectivity index is 1.83. The molecule has 0 saturated carbocycles. The molecule has 154 valence electrons. The number of hydrogen-bond acceptors (Lipinski definition) is 5. The van der Waals surface area contributed by atoms with Crippen molar-refractivity contribution >= 4 is 29.2 Å². The van der Waals surface area contributed by atoms with Crippen molar-refractivity contribution in [2.75, 3.05) is 23.8 Å². The third-order valence-electron chi connectivity index (χ3n) is 3.87. The summed E-state index contributed by atoms with van der Waals surface area (Å²) in [6.45, 7) is 6.83. The summed E-state index contributed by atoms with van der Waals surface area (Å²) < 4.78 is 10.6. The maximum Gasteiger partial charge on any atom is 0.344 e. The van der Waals surface area contributed by atoms with E-state index in [1.807, 2.05) is 18.2 Å². The third kappa shape index (κ3) is 7.29. The van der Waals surface area contributed by atoms with E-state index in [4.69, 9.17) is 9.47 Å². The highest BCUT2D eigenvalue weighted by atomic mass is 16.6. The molecular weight excluding hydrogens is 372 g/mol. The van der Waals surface area contributed by atoms with Crippen LogP contribution in [-0.2, 0) is 24.5 Å². The molecule has 0 atom stereocenters. The molecule has 0 radical (unpaired) electrons. The minimum atomic E-state index is -0.643. The number of carbonyl (C=O) groups is 3. The second-order valence-corrected chi connectivity index (χ2v) is 7.51. The molecule has 2 aromatic rings. The standard InChI is InChI=1S/C22H26N2O5/c1-15(25)23-16-8-7-9-17(12-16)24-20(26)13-29-21(27)14-28-19-11-6-5-10-18(19)22(2,3)4/h5-12H,13-14H2,1-4H3,(H,23,25)(H,24,26). The fraction of sp³-hybridized carbons (Fsp3) is 0.318. The zero-order valence-electron chi connectivity index (χ0n) is 17.1. The zero-order valence-corrected chi connectivity index (χ0v) is 17.1. The van der Waals surface area contributed by atoms with Crippen molar-refractivity contribution in [3.05, 3.63) is 54.1 Å². The molecule has 0 aliphatic heterocycles. The van der Waals surface area contributed by atoms with Crippen molar-refractivity contribution in [1.29, 1.82) is 0 Å². The lowest BCUT2D eigenvalue weighted by molar-refractivity contribution is -0.149. The SMILES string of the molecule is CC(=O)Nc1cccc(NC(=O)COC(=O)COc2ccccc2C(C)(C)C)c1. The lowest BCUT2D eigenvalue weighted by atomic mass is 9.86. The third-order valence-corrected chi connectivity index (χ3v) is 3.87. The molecule has 29 heavy (non-hydrogen) atoms. The Hall–Kier alpha value is -3.35. The van der Waals surface area contributed by atoms with E-state index in [1.54, 1.807) is 30.3 Å². The van der Waals surface area contributed by atoms with Gasteiger partial charge in [-0.05, 0) is 35.2 Å². The number of carbonyl (C=O) groups excluding carboxylic acids is 3. The Morgan fingerprint density at radius 3 is 2.21 bits per heavy atom. The fourth-order valence-corrected chi connectivity index (χ4v) is 2.61. The van der Waals surface area contributed by atoms with E-state index in [0.717, 1.165) is 5.56 Å². The Kier molecular flexibility index (Phi) is 7.36. The highest BCUT2D eigenvalue weighted by Crippen LogP contribution is 2.30. The van der Waals surface area contributed by atoms with Gasteiger partial charge in [-0.15, -0.1) is 0 Å². The summed E-state index contributed by atoms with van der Waals surface area (Å²) >= 11 is 0. The van der Waals surface area contributed by atoms with E-state index in [9.17, 15) is 14.4 Å². The molecule has 2 amide bonds. The highest BCUT2D eigenvalue weighted by molar-refractivity contribution is 5.94. The van der Waals surface area contributed by atoms with Crippen LogP contribution in [0.25, 0.3) is 0 Å². The minimum Gasteiger partial charge on any atom is -0.482 e. The van der Waals surface area contributed by atoms with Crippen LogP contribution in [0.2, 0.25) is 0 Å². The van der Waals surface area contributed by atoms with E-state index in [-0.39, 0.29) is 17.9 Å². The topological polar surface area (TPSA) is 93.7 Å². The summed E-state index contributed by atoms with van der Waals surface area (Å²) in [4.78, 5) is 35.0. The number of nitrogens with one attached hydrogen (secondary N) is 2. The molecule has 0 heterocycles. The van der Waals surface area contributed by atoms with Crippen LogP contribution in [0.1, 0.15) is 33.3 Å². The number of ether oxygens (including phenoxy) is 2. The summed E-state index contributed by atoms with van der Waals surface area (Å²) in [5, 5.41) is 5.23. The highest BCUT2D eigenvalue weighted by Gasteiger charge is 2.19. The quantitative estimate of drug-likeness (QED) is 0.696. The van der Waals surface area contributed by atoms with Crippen LogP contribution in [-0.4, -0.2) is 31.0 Å². The van der Waals surface area contributed by atoms with Crippen molar-refractivity contribution in [2.45, 2.75) is 33.1 Å². The van der Waals surface area contributed by atoms with Gasteiger partial charge in [0.15, 0.2) is 13.2 Å². The predicted octanol–water partition coefficient (Wildman–Crippen LogP) is 3.50. The number of anilines is 2. The first-order valence-corrected chi connectivity index (χ1v) is 9.20. The van der Waals surface area contributed by atoms with Gasteiger partial charge < -0.3 is 20.1 Å². The molecule has 7 heteroatoms. The Bertz CT molecular complexity index is 887.